The molecule has 0 radical (unpaired) electrons. The summed E-state index contributed by atoms with van der Waals surface area (Å²) in [4.78, 5) is 26.1. The predicted octanol–water partition coefficient (Wildman–Crippen LogP) is 3.18. The molecule has 0 amide bonds. The van der Waals surface area contributed by atoms with E-state index in [1.165, 1.54) is 12.0 Å². The first kappa shape index (κ1) is 20.7. The van der Waals surface area contributed by atoms with Gasteiger partial charge in [-0.25, -0.2) is 9.59 Å². The molecule has 5 heteroatoms. The Bertz CT molecular complexity index is 334. The lowest BCUT2D eigenvalue weighted by atomic mass is 10.1. The molecule has 0 aromatic heterocycles. The summed E-state index contributed by atoms with van der Waals surface area (Å²) < 4.78 is 0. The SMILES string of the molecule is C=C(C)C(=O)O.CCC=C(CCCC)C(=O)ON(C)C. The Labute approximate surface area is 121 Å². The van der Waals surface area contributed by atoms with E-state index in [1.807, 2.05) is 13.0 Å². The fraction of sp³-hybridized carbons (Fsp3) is 0.600. The molecule has 0 atom stereocenters. The zero-order valence-corrected chi connectivity index (χ0v) is 13.2. The number of carbonyl (C=O) groups excluding carboxylic acids is 1. The predicted molar refractivity (Wildman–Crippen MR) is 80.1 cm³/mol. The maximum absolute atomic E-state index is 11.5. The second-order valence-electron chi connectivity index (χ2n) is 4.52. The van der Waals surface area contributed by atoms with Gasteiger partial charge in [-0.05, 0) is 26.2 Å². The van der Waals surface area contributed by atoms with E-state index < -0.39 is 5.97 Å². The molecule has 0 aliphatic carbocycles. The van der Waals surface area contributed by atoms with E-state index in [9.17, 15) is 9.59 Å². The van der Waals surface area contributed by atoms with Gasteiger partial charge in [-0.1, -0.05) is 32.9 Å². The highest BCUT2D eigenvalue weighted by atomic mass is 16.7. The number of hydrogen-bond acceptors (Lipinski definition) is 4. The van der Waals surface area contributed by atoms with E-state index in [4.69, 9.17) is 9.94 Å². The Hall–Kier alpha value is -1.62. The van der Waals surface area contributed by atoms with Crippen molar-refractivity contribution >= 4 is 11.9 Å². The number of hydroxylamine groups is 2. The number of hydrogen-bond donors (Lipinski definition) is 1. The van der Waals surface area contributed by atoms with Crippen molar-refractivity contribution in [2.75, 3.05) is 14.1 Å². The molecule has 0 saturated carbocycles. The number of unbranched alkanes of at least 4 members (excludes halogenated alkanes) is 1. The molecule has 0 heterocycles. The minimum Gasteiger partial charge on any atom is -0.478 e. The lowest BCUT2D eigenvalue weighted by Crippen LogP contribution is -2.20. The molecule has 0 bridgehead atoms. The van der Waals surface area contributed by atoms with Crippen LogP contribution < -0.4 is 0 Å². The molecular formula is C15H27NO4. The smallest absolute Gasteiger partial charge is 0.352 e. The standard InChI is InChI=1S/C11H21NO2.C4H6O2/c1-5-7-9-10(8-6-2)11(13)14-12(3)4;1-3(2)4(5)6/h8H,5-7,9H2,1-4H3;1H2,2H3,(H,5,6). The first-order valence-electron chi connectivity index (χ1n) is 6.73. The van der Waals surface area contributed by atoms with E-state index >= 15 is 0 Å². The van der Waals surface area contributed by atoms with Gasteiger partial charge in [-0.3, -0.25) is 0 Å². The molecule has 1 N–H and O–H groups in total. The number of rotatable bonds is 7. The minimum absolute atomic E-state index is 0.176. The van der Waals surface area contributed by atoms with E-state index in [0.29, 0.717) is 0 Å². The molecule has 0 unspecified atom stereocenters. The number of carboxylic acids is 1. The van der Waals surface area contributed by atoms with Gasteiger partial charge in [0.2, 0.25) is 0 Å². The molecule has 0 saturated heterocycles. The van der Waals surface area contributed by atoms with Crippen LogP contribution in [0.15, 0.2) is 23.8 Å². The second kappa shape index (κ2) is 12.4. The highest BCUT2D eigenvalue weighted by molar-refractivity contribution is 5.88. The largest absolute Gasteiger partial charge is 0.478 e. The number of aliphatic carboxylic acids is 1. The van der Waals surface area contributed by atoms with Crippen LogP contribution in [-0.2, 0) is 14.4 Å². The molecule has 0 aromatic rings. The number of nitrogens with zero attached hydrogens (tertiary/aromatic N) is 1. The van der Waals surface area contributed by atoms with E-state index in [1.54, 1.807) is 14.1 Å². The van der Waals surface area contributed by atoms with Crippen LogP contribution in [0.5, 0.6) is 0 Å². The maximum atomic E-state index is 11.5. The number of carbonyl (C=O) groups is 2. The Kier molecular flexibility index (Phi) is 12.8. The van der Waals surface area contributed by atoms with Gasteiger partial charge in [0, 0.05) is 25.2 Å². The van der Waals surface area contributed by atoms with Gasteiger partial charge in [0.1, 0.15) is 0 Å². The van der Waals surface area contributed by atoms with E-state index in [-0.39, 0.29) is 11.5 Å². The van der Waals surface area contributed by atoms with E-state index in [2.05, 4.69) is 13.5 Å². The van der Waals surface area contributed by atoms with E-state index in [0.717, 1.165) is 31.3 Å². The summed E-state index contributed by atoms with van der Waals surface area (Å²) in [6, 6.07) is 0. The Morgan fingerprint density at radius 1 is 1.30 bits per heavy atom. The summed E-state index contributed by atoms with van der Waals surface area (Å²) in [5, 5.41) is 9.32. The normalized spacial score (nSPS) is 10.6. The van der Waals surface area contributed by atoms with Crippen molar-refractivity contribution in [1.29, 1.82) is 0 Å². The fourth-order valence-electron chi connectivity index (χ4n) is 1.13. The Balaban J connectivity index is 0. The van der Waals surface area contributed by atoms with Crippen molar-refractivity contribution in [1.82, 2.24) is 5.06 Å². The topological polar surface area (TPSA) is 66.8 Å². The summed E-state index contributed by atoms with van der Waals surface area (Å²) in [5.41, 5.74) is 0.970. The minimum atomic E-state index is -0.935. The molecule has 0 aliphatic heterocycles. The van der Waals surface area contributed by atoms with Gasteiger partial charge < -0.3 is 9.94 Å². The molecule has 0 spiro atoms. The molecule has 0 aliphatic rings. The zero-order chi connectivity index (χ0) is 16.1. The van der Waals surface area contributed by atoms with Gasteiger partial charge in [0.25, 0.3) is 0 Å². The summed E-state index contributed by atoms with van der Waals surface area (Å²) in [5.74, 6) is -1.15. The Morgan fingerprint density at radius 3 is 2.10 bits per heavy atom. The fourth-order valence-corrected chi connectivity index (χ4v) is 1.13. The molecule has 20 heavy (non-hydrogen) atoms. The molecule has 0 fully saturated rings. The first-order chi connectivity index (χ1) is 9.26. The van der Waals surface area contributed by atoms with Crippen molar-refractivity contribution in [3.05, 3.63) is 23.8 Å². The van der Waals surface area contributed by atoms with Crippen LogP contribution in [0, 0.1) is 0 Å². The van der Waals surface area contributed by atoms with Gasteiger partial charge in [-0.2, -0.15) is 0 Å². The Morgan fingerprint density at radius 2 is 1.80 bits per heavy atom. The van der Waals surface area contributed by atoms with Crippen LogP contribution in [0.2, 0.25) is 0 Å². The summed E-state index contributed by atoms with van der Waals surface area (Å²) in [7, 11) is 3.42. The van der Waals surface area contributed by atoms with Crippen LogP contribution in [0.3, 0.4) is 0 Å². The van der Waals surface area contributed by atoms with Crippen LogP contribution >= 0.6 is 0 Å². The number of carboxylic acid groups (broad SMARTS) is 1. The highest BCUT2D eigenvalue weighted by Crippen LogP contribution is 2.10. The second-order valence-corrected chi connectivity index (χ2v) is 4.52. The van der Waals surface area contributed by atoms with Crippen LogP contribution in [0.25, 0.3) is 0 Å². The van der Waals surface area contributed by atoms with Crippen LogP contribution in [-0.4, -0.2) is 36.2 Å². The average molecular weight is 285 g/mol. The van der Waals surface area contributed by atoms with Gasteiger partial charge in [-0.15, -0.1) is 5.06 Å². The quantitative estimate of drug-likeness (QED) is 0.575. The summed E-state index contributed by atoms with van der Waals surface area (Å²) >= 11 is 0. The summed E-state index contributed by atoms with van der Waals surface area (Å²) in [6.45, 7) is 8.74. The lowest BCUT2D eigenvalue weighted by Gasteiger charge is -2.11. The average Bonchev–Trinajstić information content (AvgIpc) is 2.34. The summed E-state index contributed by atoms with van der Waals surface area (Å²) in [6.07, 6.45) is 5.77. The van der Waals surface area contributed by atoms with Gasteiger partial charge >= 0.3 is 11.9 Å². The molecular weight excluding hydrogens is 258 g/mol. The van der Waals surface area contributed by atoms with Crippen LogP contribution in [0.1, 0.15) is 46.5 Å². The monoisotopic (exact) mass is 285 g/mol. The molecule has 5 nitrogen and oxygen atoms in total. The third-order valence-corrected chi connectivity index (χ3v) is 2.14. The van der Waals surface area contributed by atoms with Gasteiger partial charge in [0.15, 0.2) is 0 Å². The molecule has 0 rings (SSSR count). The highest BCUT2D eigenvalue weighted by Gasteiger charge is 2.10. The van der Waals surface area contributed by atoms with Crippen molar-refractivity contribution in [3.8, 4) is 0 Å². The lowest BCUT2D eigenvalue weighted by molar-refractivity contribution is -0.173. The van der Waals surface area contributed by atoms with Crippen molar-refractivity contribution in [3.63, 3.8) is 0 Å². The maximum Gasteiger partial charge on any atom is 0.352 e. The van der Waals surface area contributed by atoms with Crippen LogP contribution in [0.4, 0.5) is 0 Å². The van der Waals surface area contributed by atoms with Crippen molar-refractivity contribution in [2.24, 2.45) is 0 Å². The molecule has 0 aromatic carbocycles. The van der Waals surface area contributed by atoms with Crippen molar-refractivity contribution < 1.29 is 19.5 Å². The third kappa shape index (κ3) is 12.8. The van der Waals surface area contributed by atoms with Crippen molar-refractivity contribution in [2.45, 2.75) is 46.5 Å². The van der Waals surface area contributed by atoms with Gasteiger partial charge in [0.05, 0.1) is 0 Å². The zero-order valence-electron chi connectivity index (χ0n) is 13.2. The first-order valence-corrected chi connectivity index (χ1v) is 6.73. The molecule has 116 valence electrons. The number of allylic oxidation sites excluding steroid dienone is 1. The third-order valence-electron chi connectivity index (χ3n) is 2.14.